The molecule has 2 aromatic heterocycles. The van der Waals surface area contributed by atoms with Crippen molar-refractivity contribution in [2.45, 2.75) is 46.3 Å². The Labute approximate surface area is 119 Å². The van der Waals surface area contributed by atoms with E-state index < -0.39 is 0 Å². The van der Waals surface area contributed by atoms with Crippen LogP contribution in [0.1, 0.15) is 49.1 Å². The van der Waals surface area contributed by atoms with Crippen molar-refractivity contribution < 1.29 is 5.11 Å². The summed E-state index contributed by atoms with van der Waals surface area (Å²) in [5.74, 6) is 0.935. The third-order valence-corrected chi connectivity index (χ3v) is 4.30. The molecule has 0 amide bonds. The van der Waals surface area contributed by atoms with E-state index in [2.05, 4.69) is 41.6 Å². The van der Waals surface area contributed by atoms with Crippen molar-refractivity contribution in [3.8, 4) is 0 Å². The Morgan fingerprint density at radius 1 is 1.45 bits per heavy atom. The molecular weight excluding hydrogens is 252 g/mol. The molecule has 1 unspecified atom stereocenters. The number of fused-ring (bicyclic) bond motifs is 1. The maximum atomic E-state index is 10.4. The molecular formula is C15H22N4O. The Kier molecular flexibility index (Phi) is 2.97. The Morgan fingerprint density at radius 3 is 2.85 bits per heavy atom. The molecule has 0 bridgehead atoms. The molecule has 1 atom stereocenters. The normalized spacial score (nSPS) is 20.9. The maximum absolute atomic E-state index is 10.4. The van der Waals surface area contributed by atoms with Crippen LogP contribution in [-0.2, 0) is 20.0 Å². The Bertz CT molecular complexity index is 638. The van der Waals surface area contributed by atoms with Crippen molar-refractivity contribution in [2.24, 2.45) is 12.5 Å². The monoisotopic (exact) mass is 274 g/mol. The number of rotatable bonds is 2. The zero-order valence-corrected chi connectivity index (χ0v) is 12.6. The molecule has 1 aliphatic rings. The van der Waals surface area contributed by atoms with E-state index in [1.54, 1.807) is 6.33 Å². The van der Waals surface area contributed by atoms with Crippen LogP contribution in [0.25, 0.3) is 0 Å². The quantitative estimate of drug-likeness (QED) is 0.911. The molecule has 0 spiro atoms. The van der Waals surface area contributed by atoms with E-state index in [1.807, 2.05) is 11.6 Å². The summed E-state index contributed by atoms with van der Waals surface area (Å²) < 4.78 is 4.21. The van der Waals surface area contributed by atoms with Gasteiger partial charge >= 0.3 is 0 Å². The minimum atomic E-state index is -0.354. The van der Waals surface area contributed by atoms with Crippen molar-refractivity contribution in [1.82, 2.24) is 19.3 Å². The largest absolute Gasteiger partial charge is 0.388 e. The zero-order chi connectivity index (χ0) is 14.5. The molecule has 5 heteroatoms. The smallest absolute Gasteiger partial charge is 0.152 e. The van der Waals surface area contributed by atoms with E-state index in [1.165, 1.54) is 11.4 Å². The van der Waals surface area contributed by atoms with Crippen molar-refractivity contribution in [3.05, 3.63) is 35.2 Å². The molecule has 108 valence electrons. The first-order valence-corrected chi connectivity index (χ1v) is 7.07. The predicted molar refractivity (Wildman–Crippen MR) is 76.3 cm³/mol. The summed E-state index contributed by atoms with van der Waals surface area (Å²) in [6, 6.07) is 2.12. The summed E-state index contributed by atoms with van der Waals surface area (Å²) in [5, 5.41) is 18.5. The van der Waals surface area contributed by atoms with Gasteiger partial charge in [0.15, 0.2) is 5.82 Å². The number of aliphatic hydroxyl groups is 1. The highest BCUT2D eigenvalue weighted by Crippen LogP contribution is 2.42. The molecule has 20 heavy (non-hydrogen) atoms. The fourth-order valence-corrected chi connectivity index (χ4v) is 3.21. The van der Waals surface area contributed by atoms with Crippen LogP contribution in [0.5, 0.6) is 0 Å². The number of aryl methyl sites for hydroxylation is 2. The van der Waals surface area contributed by atoms with Crippen LogP contribution in [0.15, 0.2) is 12.4 Å². The van der Waals surface area contributed by atoms with Crippen LogP contribution in [0.4, 0.5) is 0 Å². The zero-order valence-electron chi connectivity index (χ0n) is 12.6. The molecule has 0 saturated carbocycles. The molecule has 3 rings (SSSR count). The van der Waals surface area contributed by atoms with Crippen LogP contribution in [-0.4, -0.2) is 24.4 Å². The molecule has 0 aliphatic heterocycles. The Balaban J connectivity index is 2.03. The van der Waals surface area contributed by atoms with Crippen molar-refractivity contribution in [1.29, 1.82) is 0 Å². The second-order valence-electron chi connectivity index (χ2n) is 6.69. The average Bonchev–Trinajstić information content (AvgIpc) is 2.86. The molecule has 0 saturated heterocycles. The van der Waals surface area contributed by atoms with Gasteiger partial charge in [-0.3, -0.25) is 0 Å². The molecule has 0 radical (unpaired) electrons. The van der Waals surface area contributed by atoms with Gasteiger partial charge in [0.25, 0.3) is 0 Å². The van der Waals surface area contributed by atoms with Gasteiger partial charge in [-0.1, -0.05) is 13.8 Å². The molecule has 5 nitrogen and oxygen atoms in total. The van der Waals surface area contributed by atoms with Gasteiger partial charge in [0.2, 0.25) is 0 Å². The van der Waals surface area contributed by atoms with Gasteiger partial charge in [-0.15, -0.1) is 10.2 Å². The first-order valence-electron chi connectivity index (χ1n) is 7.07. The van der Waals surface area contributed by atoms with Gasteiger partial charge in [-0.2, -0.15) is 0 Å². The highest BCUT2D eigenvalue weighted by Gasteiger charge is 2.34. The average molecular weight is 274 g/mol. The molecule has 0 aromatic carbocycles. The van der Waals surface area contributed by atoms with E-state index >= 15 is 0 Å². The second-order valence-corrected chi connectivity index (χ2v) is 6.69. The first kappa shape index (κ1) is 13.4. The van der Waals surface area contributed by atoms with Gasteiger partial charge in [-0.05, 0) is 31.2 Å². The third-order valence-electron chi connectivity index (χ3n) is 4.30. The van der Waals surface area contributed by atoms with E-state index in [4.69, 9.17) is 0 Å². The third kappa shape index (κ3) is 2.16. The van der Waals surface area contributed by atoms with E-state index in [9.17, 15) is 5.11 Å². The summed E-state index contributed by atoms with van der Waals surface area (Å²) in [7, 11) is 1.96. The van der Waals surface area contributed by atoms with Crippen molar-refractivity contribution >= 4 is 0 Å². The predicted octanol–water partition coefficient (Wildman–Crippen LogP) is 1.98. The minimum absolute atomic E-state index is 0.134. The Hall–Kier alpha value is -1.62. The van der Waals surface area contributed by atoms with Crippen LogP contribution >= 0.6 is 0 Å². The first-order chi connectivity index (χ1) is 9.37. The van der Waals surface area contributed by atoms with Gasteiger partial charge in [0.1, 0.15) is 6.33 Å². The number of nitrogens with zero attached hydrogens (tertiary/aromatic N) is 4. The lowest BCUT2D eigenvalue weighted by molar-refractivity contribution is 0.0980. The topological polar surface area (TPSA) is 55.9 Å². The van der Waals surface area contributed by atoms with Gasteiger partial charge in [-0.25, -0.2) is 0 Å². The van der Waals surface area contributed by atoms with E-state index in [0.717, 1.165) is 24.2 Å². The van der Waals surface area contributed by atoms with Crippen molar-refractivity contribution in [2.75, 3.05) is 0 Å². The fraction of sp³-hybridized carbons (Fsp3) is 0.600. The molecule has 1 aliphatic carbocycles. The van der Waals surface area contributed by atoms with Crippen LogP contribution in [0.3, 0.4) is 0 Å². The summed E-state index contributed by atoms with van der Waals surface area (Å²) in [5.41, 5.74) is 3.64. The van der Waals surface area contributed by atoms with Gasteiger partial charge in [0, 0.05) is 24.0 Å². The highest BCUT2D eigenvalue weighted by atomic mass is 16.3. The minimum Gasteiger partial charge on any atom is -0.388 e. The Morgan fingerprint density at radius 2 is 2.20 bits per heavy atom. The summed E-state index contributed by atoms with van der Waals surface area (Å²) in [4.78, 5) is 0. The second kappa shape index (κ2) is 4.45. The standard InChI is InChI=1S/C15H22N4O/c1-10-5-11-12(6-15(2,3)7-13(11)20)19(10)8-14-17-16-9-18(14)4/h5,9,13,20H,6-8H2,1-4H3. The lowest BCUT2D eigenvalue weighted by atomic mass is 9.75. The number of hydrogen-bond acceptors (Lipinski definition) is 3. The van der Waals surface area contributed by atoms with Crippen LogP contribution < -0.4 is 0 Å². The van der Waals surface area contributed by atoms with Gasteiger partial charge in [0.05, 0.1) is 12.6 Å². The van der Waals surface area contributed by atoms with E-state index in [-0.39, 0.29) is 11.5 Å². The highest BCUT2D eigenvalue weighted by molar-refractivity contribution is 5.33. The number of aromatic nitrogens is 4. The number of hydrogen-bond donors (Lipinski definition) is 1. The number of aliphatic hydroxyl groups excluding tert-OH is 1. The van der Waals surface area contributed by atoms with Crippen LogP contribution in [0.2, 0.25) is 0 Å². The molecule has 1 N–H and O–H groups in total. The molecule has 2 aromatic rings. The SMILES string of the molecule is Cc1cc2c(n1Cc1nncn1C)CC(C)(C)CC2O. The summed E-state index contributed by atoms with van der Waals surface area (Å²) >= 11 is 0. The lowest BCUT2D eigenvalue weighted by Crippen LogP contribution is -2.27. The lowest BCUT2D eigenvalue weighted by Gasteiger charge is -2.34. The van der Waals surface area contributed by atoms with Gasteiger partial charge < -0.3 is 14.2 Å². The van der Waals surface area contributed by atoms with E-state index in [0.29, 0.717) is 6.54 Å². The maximum Gasteiger partial charge on any atom is 0.152 e. The fourth-order valence-electron chi connectivity index (χ4n) is 3.21. The van der Waals surface area contributed by atoms with Crippen LogP contribution in [0, 0.1) is 12.3 Å². The summed E-state index contributed by atoms with van der Waals surface area (Å²) in [6.45, 7) is 7.23. The summed E-state index contributed by atoms with van der Waals surface area (Å²) in [6.07, 6.45) is 3.19. The van der Waals surface area contributed by atoms with Crippen molar-refractivity contribution in [3.63, 3.8) is 0 Å². The molecule has 0 fully saturated rings. The molecule has 2 heterocycles.